The average molecular weight is 263 g/mol. The lowest BCUT2D eigenvalue weighted by Gasteiger charge is -2.22. The molecule has 2 N–H and O–H groups in total. The Hall–Kier alpha value is -1.55. The van der Waals surface area contributed by atoms with Crippen molar-refractivity contribution in [3.05, 3.63) is 29.8 Å². The van der Waals surface area contributed by atoms with Crippen molar-refractivity contribution in [2.24, 2.45) is 5.73 Å². The standard InChI is InChI=1S/C15H25N3O/c1-4-10-18(11-6-9-16)15(19)13-7-5-8-14(12-13)17(2)3/h5,7-8,12H,4,6,9-11,16H2,1-3H3. The van der Waals surface area contributed by atoms with Crippen LogP contribution in [0.4, 0.5) is 5.69 Å². The van der Waals surface area contributed by atoms with Crippen LogP contribution in [-0.4, -0.2) is 44.5 Å². The summed E-state index contributed by atoms with van der Waals surface area (Å²) in [7, 11) is 3.95. The highest BCUT2D eigenvalue weighted by Gasteiger charge is 2.14. The lowest BCUT2D eigenvalue weighted by Crippen LogP contribution is -2.33. The second kappa shape index (κ2) is 7.79. The topological polar surface area (TPSA) is 49.6 Å². The number of benzene rings is 1. The first-order valence-electron chi connectivity index (χ1n) is 6.86. The Morgan fingerprint density at radius 3 is 2.58 bits per heavy atom. The molecule has 0 bridgehead atoms. The number of rotatable bonds is 7. The van der Waals surface area contributed by atoms with Crippen LogP contribution in [0.15, 0.2) is 24.3 Å². The van der Waals surface area contributed by atoms with Gasteiger partial charge in [-0.15, -0.1) is 0 Å². The van der Waals surface area contributed by atoms with Crippen LogP contribution in [0.25, 0.3) is 0 Å². The largest absolute Gasteiger partial charge is 0.378 e. The third-order valence-electron chi connectivity index (χ3n) is 3.02. The normalized spacial score (nSPS) is 10.3. The molecule has 0 radical (unpaired) electrons. The molecular formula is C15H25N3O. The van der Waals surface area contributed by atoms with Crippen LogP contribution in [-0.2, 0) is 0 Å². The van der Waals surface area contributed by atoms with Crippen molar-refractivity contribution in [2.45, 2.75) is 19.8 Å². The minimum atomic E-state index is 0.0963. The lowest BCUT2D eigenvalue weighted by atomic mass is 10.1. The van der Waals surface area contributed by atoms with Gasteiger partial charge in [-0.25, -0.2) is 0 Å². The first-order chi connectivity index (χ1) is 9.10. The Balaban J connectivity index is 2.85. The average Bonchev–Trinajstić information content (AvgIpc) is 2.42. The molecule has 1 amide bonds. The number of amides is 1. The predicted molar refractivity (Wildman–Crippen MR) is 80.6 cm³/mol. The van der Waals surface area contributed by atoms with Crippen molar-refractivity contribution in [3.8, 4) is 0 Å². The fourth-order valence-corrected chi connectivity index (χ4v) is 1.97. The highest BCUT2D eigenvalue weighted by molar-refractivity contribution is 5.95. The van der Waals surface area contributed by atoms with Crippen molar-refractivity contribution in [3.63, 3.8) is 0 Å². The van der Waals surface area contributed by atoms with Gasteiger partial charge in [0.05, 0.1) is 0 Å². The summed E-state index contributed by atoms with van der Waals surface area (Å²) in [5.74, 6) is 0.0963. The van der Waals surface area contributed by atoms with Crippen LogP contribution in [0.5, 0.6) is 0 Å². The van der Waals surface area contributed by atoms with Crippen LogP contribution < -0.4 is 10.6 Å². The van der Waals surface area contributed by atoms with E-state index < -0.39 is 0 Å². The van der Waals surface area contributed by atoms with E-state index in [-0.39, 0.29) is 5.91 Å². The van der Waals surface area contributed by atoms with E-state index in [1.807, 2.05) is 48.2 Å². The smallest absolute Gasteiger partial charge is 0.253 e. The molecule has 1 aromatic rings. The number of nitrogens with two attached hydrogens (primary N) is 1. The van der Waals surface area contributed by atoms with E-state index >= 15 is 0 Å². The van der Waals surface area contributed by atoms with E-state index in [1.54, 1.807) is 0 Å². The molecule has 0 saturated heterocycles. The highest BCUT2D eigenvalue weighted by atomic mass is 16.2. The van der Waals surface area contributed by atoms with Gasteiger partial charge in [0.15, 0.2) is 0 Å². The molecule has 1 rings (SSSR count). The SMILES string of the molecule is CCCN(CCCN)C(=O)c1cccc(N(C)C)c1. The van der Waals surface area contributed by atoms with Gasteiger partial charge in [-0.3, -0.25) is 4.79 Å². The second-order valence-electron chi connectivity index (χ2n) is 4.88. The molecule has 0 atom stereocenters. The molecule has 0 aliphatic heterocycles. The van der Waals surface area contributed by atoms with Crippen LogP contribution in [0.1, 0.15) is 30.1 Å². The number of carbonyl (C=O) groups is 1. The van der Waals surface area contributed by atoms with E-state index in [4.69, 9.17) is 5.73 Å². The summed E-state index contributed by atoms with van der Waals surface area (Å²) in [6, 6.07) is 7.74. The van der Waals surface area contributed by atoms with Gasteiger partial charge >= 0.3 is 0 Å². The number of hydrogen-bond acceptors (Lipinski definition) is 3. The fraction of sp³-hybridized carbons (Fsp3) is 0.533. The molecule has 0 heterocycles. The summed E-state index contributed by atoms with van der Waals surface area (Å²) < 4.78 is 0. The zero-order valence-corrected chi connectivity index (χ0v) is 12.2. The maximum absolute atomic E-state index is 12.5. The van der Waals surface area contributed by atoms with Crippen molar-refractivity contribution in [1.82, 2.24) is 4.90 Å². The van der Waals surface area contributed by atoms with Gasteiger partial charge in [0.25, 0.3) is 5.91 Å². The zero-order valence-electron chi connectivity index (χ0n) is 12.2. The molecule has 4 heteroatoms. The Morgan fingerprint density at radius 1 is 1.26 bits per heavy atom. The Labute approximate surface area is 116 Å². The molecule has 0 saturated carbocycles. The van der Waals surface area contributed by atoms with E-state index in [2.05, 4.69) is 6.92 Å². The van der Waals surface area contributed by atoms with Crippen molar-refractivity contribution < 1.29 is 4.79 Å². The molecule has 1 aromatic carbocycles. The second-order valence-corrected chi connectivity index (χ2v) is 4.88. The lowest BCUT2D eigenvalue weighted by molar-refractivity contribution is 0.0754. The van der Waals surface area contributed by atoms with Crippen LogP contribution in [0.3, 0.4) is 0 Å². The zero-order chi connectivity index (χ0) is 14.3. The van der Waals surface area contributed by atoms with Crippen LogP contribution in [0, 0.1) is 0 Å². The summed E-state index contributed by atoms with van der Waals surface area (Å²) in [4.78, 5) is 16.4. The third-order valence-corrected chi connectivity index (χ3v) is 3.02. The van der Waals surface area contributed by atoms with E-state index in [0.29, 0.717) is 6.54 Å². The number of anilines is 1. The van der Waals surface area contributed by atoms with Crippen molar-refractivity contribution in [1.29, 1.82) is 0 Å². The van der Waals surface area contributed by atoms with Crippen LogP contribution >= 0.6 is 0 Å². The summed E-state index contributed by atoms with van der Waals surface area (Å²) in [5.41, 5.74) is 7.32. The number of nitrogens with zero attached hydrogens (tertiary/aromatic N) is 2. The van der Waals surface area contributed by atoms with E-state index in [0.717, 1.165) is 37.2 Å². The number of carbonyl (C=O) groups excluding carboxylic acids is 1. The monoisotopic (exact) mass is 263 g/mol. The molecule has 0 unspecified atom stereocenters. The molecule has 19 heavy (non-hydrogen) atoms. The maximum atomic E-state index is 12.5. The summed E-state index contributed by atoms with van der Waals surface area (Å²) in [6.45, 7) is 4.21. The minimum absolute atomic E-state index is 0.0963. The van der Waals surface area contributed by atoms with E-state index in [9.17, 15) is 4.79 Å². The first-order valence-corrected chi connectivity index (χ1v) is 6.86. The van der Waals surface area contributed by atoms with Gasteiger partial charge in [-0.05, 0) is 37.6 Å². The molecule has 0 aliphatic rings. The third kappa shape index (κ3) is 4.56. The molecular weight excluding hydrogens is 238 g/mol. The summed E-state index contributed by atoms with van der Waals surface area (Å²) >= 11 is 0. The quantitative estimate of drug-likeness (QED) is 0.818. The van der Waals surface area contributed by atoms with Gasteiger partial charge in [0, 0.05) is 38.4 Å². The van der Waals surface area contributed by atoms with Gasteiger partial charge in [-0.1, -0.05) is 13.0 Å². The van der Waals surface area contributed by atoms with Crippen molar-refractivity contribution in [2.75, 3.05) is 38.6 Å². The minimum Gasteiger partial charge on any atom is -0.378 e. The Morgan fingerprint density at radius 2 is 2.00 bits per heavy atom. The first kappa shape index (κ1) is 15.5. The highest BCUT2D eigenvalue weighted by Crippen LogP contribution is 2.15. The molecule has 106 valence electrons. The maximum Gasteiger partial charge on any atom is 0.253 e. The molecule has 4 nitrogen and oxygen atoms in total. The van der Waals surface area contributed by atoms with E-state index in [1.165, 1.54) is 0 Å². The Kier molecular flexibility index (Phi) is 6.36. The summed E-state index contributed by atoms with van der Waals surface area (Å²) in [5, 5.41) is 0. The van der Waals surface area contributed by atoms with Gasteiger partial charge in [0.2, 0.25) is 0 Å². The Bertz CT molecular complexity index is 404. The summed E-state index contributed by atoms with van der Waals surface area (Å²) in [6.07, 6.45) is 1.81. The molecule has 0 spiro atoms. The molecule has 0 aliphatic carbocycles. The predicted octanol–water partition coefficient (Wildman–Crippen LogP) is 1.95. The van der Waals surface area contributed by atoms with Crippen LogP contribution in [0.2, 0.25) is 0 Å². The van der Waals surface area contributed by atoms with Gasteiger partial charge in [-0.2, -0.15) is 0 Å². The number of hydrogen-bond donors (Lipinski definition) is 1. The van der Waals surface area contributed by atoms with Crippen molar-refractivity contribution >= 4 is 11.6 Å². The molecule has 0 aromatic heterocycles. The molecule has 0 fully saturated rings. The van der Waals surface area contributed by atoms with Gasteiger partial charge < -0.3 is 15.5 Å². The fourth-order valence-electron chi connectivity index (χ4n) is 1.97. The van der Waals surface area contributed by atoms with Gasteiger partial charge in [0.1, 0.15) is 0 Å².